The van der Waals surface area contributed by atoms with Crippen LogP contribution in [0.1, 0.15) is 55.5 Å². The molecular formula is C23H27N3O6. The van der Waals surface area contributed by atoms with E-state index >= 15 is 0 Å². The molecule has 2 aromatic rings. The van der Waals surface area contributed by atoms with Gasteiger partial charge in [-0.25, -0.2) is 0 Å². The number of carbonyl (C=O) groups is 3. The van der Waals surface area contributed by atoms with Crippen LogP contribution >= 0.6 is 0 Å². The number of para-hydroxylation sites is 1. The summed E-state index contributed by atoms with van der Waals surface area (Å²) >= 11 is 0. The number of nitro groups is 1. The van der Waals surface area contributed by atoms with Crippen molar-refractivity contribution in [1.82, 2.24) is 5.32 Å². The Morgan fingerprint density at radius 3 is 2.34 bits per heavy atom. The lowest BCUT2D eigenvalue weighted by Crippen LogP contribution is -2.32. The lowest BCUT2D eigenvalue weighted by Gasteiger charge is -2.18. The summed E-state index contributed by atoms with van der Waals surface area (Å²) in [4.78, 5) is 46.6. The number of carbonyl (C=O) groups excluding carboxylic acids is 3. The van der Waals surface area contributed by atoms with Crippen LogP contribution in [0, 0.1) is 10.1 Å². The number of hydrogen-bond acceptors (Lipinski definition) is 6. The van der Waals surface area contributed by atoms with E-state index in [9.17, 15) is 24.5 Å². The Kier molecular flexibility index (Phi) is 8.88. The number of nitro benzene ring substituents is 1. The molecule has 32 heavy (non-hydrogen) atoms. The maximum Gasteiger partial charge on any atom is 0.308 e. The highest BCUT2D eigenvalue weighted by Gasteiger charge is 2.20. The van der Waals surface area contributed by atoms with Crippen LogP contribution in [0.4, 0.5) is 11.4 Å². The van der Waals surface area contributed by atoms with Gasteiger partial charge in [0.1, 0.15) is 0 Å². The summed E-state index contributed by atoms with van der Waals surface area (Å²) in [5, 5.41) is 16.0. The molecular weight excluding hydrogens is 414 g/mol. The average molecular weight is 441 g/mol. The summed E-state index contributed by atoms with van der Waals surface area (Å²) in [6.07, 6.45) is -0.208. The van der Waals surface area contributed by atoms with Crippen molar-refractivity contribution in [3.63, 3.8) is 0 Å². The molecule has 0 saturated heterocycles. The third-order valence-corrected chi connectivity index (χ3v) is 4.99. The first-order valence-corrected chi connectivity index (χ1v) is 10.3. The monoisotopic (exact) mass is 441 g/mol. The molecule has 9 heteroatoms. The normalized spacial score (nSPS) is 12.3. The Hall–Kier alpha value is -3.75. The molecule has 0 spiro atoms. The van der Waals surface area contributed by atoms with E-state index in [4.69, 9.17) is 4.74 Å². The van der Waals surface area contributed by atoms with Gasteiger partial charge < -0.3 is 15.4 Å². The molecule has 2 amide bonds. The molecule has 0 bridgehead atoms. The predicted octanol–water partition coefficient (Wildman–Crippen LogP) is 3.80. The van der Waals surface area contributed by atoms with Gasteiger partial charge >= 0.3 is 5.97 Å². The fraction of sp³-hybridized carbons (Fsp3) is 0.348. The minimum Gasteiger partial charge on any atom is -0.452 e. The second-order valence-corrected chi connectivity index (χ2v) is 7.33. The van der Waals surface area contributed by atoms with Gasteiger partial charge in [0.05, 0.1) is 11.3 Å². The van der Waals surface area contributed by atoms with E-state index < -0.39 is 28.8 Å². The van der Waals surface area contributed by atoms with Gasteiger partial charge in [-0.1, -0.05) is 32.0 Å². The number of non-ortho nitro benzene ring substituents is 1. The standard InChI is InChI=1S/C23H27N3O6/c1-4-15(2)19-7-5-6-8-20(19)25-22(28)16(3)32-21(27)13-14-24-23(29)17-9-11-18(12-10-17)26(30)31/h5-12,15-16H,4,13-14H2,1-3H3,(H,24,29)(H,25,28). The Labute approximate surface area is 186 Å². The van der Waals surface area contributed by atoms with Crippen LogP contribution in [0.5, 0.6) is 0 Å². The van der Waals surface area contributed by atoms with Gasteiger partial charge in [0.15, 0.2) is 6.10 Å². The zero-order valence-electron chi connectivity index (χ0n) is 18.3. The van der Waals surface area contributed by atoms with Crippen LogP contribution in [0.25, 0.3) is 0 Å². The highest BCUT2D eigenvalue weighted by atomic mass is 16.6. The molecule has 170 valence electrons. The SMILES string of the molecule is CCC(C)c1ccccc1NC(=O)C(C)OC(=O)CCNC(=O)c1ccc([N+](=O)[O-])cc1. The third kappa shape index (κ3) is 6.90. The second kappa shape index (κ2) is 11.6. The van der Waals surface area contributed by atoms with E-state index in [1.54, 1.807) is 0 Å². The van der Waals surface area contributed by atoms with Gasteiger partial charge in [0.25, 0.3) is 17.5 Å². The number of benzene rings is 2. The van der Waals surface area contributed by atoms with Crippen LogP contribution in [-0.4, -0.2) is 35.4 Å². The van der Waals surface area contributed by atoms with Crippen LogP contribution in [0.2, 0.25) is 0 Å². The van der Waals surface area contributed by atoms with Gasteiger partial charge in [-0.3, -0.25) is 24.5 Å². The number of rotatable bonds is 10. The van der Waals surface area contributed by atoms with E-state index in [0.717, 1.165) is 12.0 Å². The quantitative estimate of drug-likeness (QED) is 0.328. The Morgan fingerprint density at radius 2 is 1.72 bits per heavy atom. The van der Waals surface area contributed by atoms with Crippen LogP contribution in [0.15, 0.2) is 48.5 Å². The first kappa shape index (κ1) is 24.5. The molecule has 0 aromatic heterocycles. The van der Waals surface area contributed by atoms with Crippen molar-refractivity contribution in [2.24, 2.45) is 0 Å². The van der Waals surface area contributed by atoms with E-state index in [1.165, 1.54) is 31.2 Å². The topological polar surface area (TPSA) is 128 Å². The van der Waals surface area contributed by atoms with Crippen LogP contribution < -0.4 is 10.6 Å². The zero-order chi connectivity index (χ0) is 23.7. The second-order valence-electron chi connectivity index (χ2n) is 7.33. The van der Waals surface area contributed by atoms with Crippen molar-refractivity contribution in [3.8, 4) is 0 Å². The maximum atomic E-state index is 12.4. The van der Waals surface area contributed by atoms with E-state index in [1.807, 2.05) is 24.3 Å². The van der Waals surface area contributed by atoms with Crippen LogP contribution in [0.3, 0.4) is 0 Å². The fourth-order valence-electron chi connectivity index (χ4n) is 2.92. The van der Waals surface area contributed by atoms with Crippen molar-refractivity contribution in [1.29, 1.82) is 0 Å². The molecule has 0 radical (unpaired) electrons. The molecule has 2 unspecified atom stereocenters. The van der Waals surface area contributed by atoms with E-state index in [0.29, 0.717) is 5.69 Å². The number of anilines is 1. The third-order valence-electron chi connectivity index (χ3n) is 4.99. The molecule has 9 nitrogen and oxygen atoms in total. The molecule has 0 aliphatic carbocycles. The molecule has 2 atom stereocenters. The number of nitrogens with zero attached hydrogens (tertiary/aromatic N) is 1. The molecule has 0 aliphatic heterocycles. The molecule has 2 rings (SSSR count). The Bertz CT molecular complexity index is 974. The van der Waals surface area contributed by atoms with Crippen molar-refractivity contribution in [2.45, 2.75) is 45.6 Å². The van der Waals surface area contributed by atoms with Crippen molar-refractivity contribution in [2.75, 3.05) is 11.9 Å². The number of amides is 2. The van der Waals surface area contributed by atoms with Gasteiger partial charge in [-0.15, -0.1) is 0 Å². The summed E-state index contributed by atoms with van der Waals surface area (Å²) in [5.74, 6) is -1.28. The van der Waals surface area contributed by atoms with Gasteiger partial charge in [-0.05, 0) is 43.0 Å². The summed E-state index contributed by atoms with van der Waals surface area (Å²) in [7, 11) is 0. The first-order chi connectivity index (χ1) is 15.2. The molecule has 0 heterocycles. The van der Waals surface area contributed by atoms with Gasteiger partial charge in [0.2, 0.25) is 0 Å². The summed E-state index contributed by atoms with van der Waals surface area (Å²) < 4.78 is 5.16. The van der Waals surface area contributed by atoms with Crippen molar-refractivity contribution < 1.29 is 24.0 Å². The summed E-state index contributed by atoms with van der Waals surface area (Å²) in [6, 6.07) is 12.6. The summed E-state index contributed by atoms with van der Waals surface area (Å²) in [5.41, 5.74) is 1.81. The largest absolute Gasteiger partial charge is 0.452 e. The highest BCUT2D eigenvalue weighted by Crippen LogP contribution is 2.26. The minimum absolute atomic E-state index is 0.000157. The molecule has 0 aliphatic rings. The number of hydrogen-bond donors (Lipinski definition) is 2. The fourth-order valence-corrected chi connectivity index (χ4v) is 2.92. The maximum absolute atomic E-state index is 12.4. The lowest BCUT2D eigenvalue weighted by atomic mass is 9.97. The lowest BCUT2D eigenvalue weighted by molar-refractivity contribution is -0.384. The number of ether oxygens (including phenoxy) is 1. The average Bonchev–Trinajstić information content (AvgIpc) is 2.78. The zero-order valence-corrected chi connectivity index (χ0v) is 18.3. The van der Waals surface area contributed by atoms with Crippen molar-refractivity contribution in [3.05, 3.63) is 69.8 Å². The minimum atomic E-state index is -1.00. The van der Waals surface area contributed by atoms with E-state index in [-0.39, 0.29) is 30.1 Å². The highest BCUT2D eigenvalue weighted by molar-refractivity contribution is 5.96. The molecule has 0 saturated carbocycles. The predicted molar refractivity (Wildman–Crippen MR) is 119 cm³/mol. The Balaban J connectivity index is 1.81. The van der Waals surface area contributed by atoms with E-state index in [2.05, 4.69) is 24.5 Å². The van der Waals surface area contributed by atoms with Crippen molar-refractivity contribution >= 4 is 29.2 Å². The number of esters is 1. The molecule has 2 N–H and O–H groups in total. The number of nitrogens with one attached hydrogen (secondary N) is 2. The van der Waals surface area contributed by atoms with Crippen LogP contribution in [-0.2, 0) is 14.3 Å². The molecule has 0 fully saturated rings. The molecule has 2 aromatic carbocycles. The Morgan fingerprint density at radius 1 is 1.06 bits per heavy atom. The first-order valence-electron chi connectivity index (χ1n) is 10.3. The van der Waals surface area contributed by atoms with Gasteiger partial charge in [0, 0.05) is 29.9 Å². The smallest absolute Gasteiger partial charge is 0.308 e. The summed E-state index contributed by atoms with van der Waals surface area (Å²) in [6.45, 7) is 5.61. The van der Waals surface area contributed by atoms with Gasteiger partial charge in [-0.2, -0.15) is 0 Å².